The van der Waals surface area contributed by atoms with Gasteiger partial charge in [0.25, 0.3) is 0 Å². The minimum Gasteiger partial charge on any atom is -0.299 e. The predicted molar refractivity (Wildman–Crippen MR) is 77.9 cm³/mol. The van der Waals surface area contributed by atoms with Gasteiger partial charge in [0.05, 0.1) is 0 Å². The Balaban J connectivity index is 2.13. The molecule has 5 heteroatoms. The van der Waals surface area contributed by atoms with Gasteiger partial charge >= 0.3 is 0 Å². The van der Waals surface area contributed by atoms with Crippen LogP contribution in [0.3, 0.4) is 0 Å². The van der Waals surface area contributed by atoms with Crippen LogP contribution in [0.25, 0.3) is 0 Å². The van der Waals surface area contributed by atoms with E-state index < -0.39 is 11.6 Å². The number of Topliss-reactive ketones (excluding diaryl/α,β-unsaturated/α-hetero) is 1. The van der Waals surface area contributed by atoms with Crippen LogP contribution in [0.5, 0.6) is 0 Å². The summed E-state index contributed by atoms with van der Waals surface area (Å²) in [5, 5.41) is 0.221. The van der Waals surface area contributed by atoms with Crippen molar-refractivity contribution in [1.82, 2.24) is 0 Å². The van der Waals surface area contributed by atoms with Crippen LogP contribution in [0.1, 0.15) is 11.1 Å². The molecule has 0 saturated heterocycles. The summed E-state index contributed by atoms with van der Waals surface area (Å²) in [6.45, 7) is 0. The van der Waals surface area contributed by atoms with E-state index in [9.17, 15) is 13.6 Å². The molecule has 0 aromatic heterocycles. The maximum Gasteiger partial charge on any atom is 0.141 e. The molecule has 2 rings (SSSR count). The van der Waals surface area contributed by atoms with E-state index in [-0.39, 0.29) is 29.2 Å². The Morgan fingerprint density at radius 3 is 2.55 bits per heavy atom. The van der Waals surface area contributed by atoms with Gasteiger partial charge in [-0.2, -0.15) is 0 Å². The normalized spacial score (nSPS) is 10.6. The highest BCUT2D eigenvalue weighted by Crippen LogP contribution is 2.21. The second-order valence-electron chi connectivity index (χ2n) is 4.37. The lowest BCUT2D eigenvalue weighted by Crippen LogP contribution is -2.08. The van der Waals surface area contributed by atoms with Gasteiger partial charge in [-0.15, -0.1) is 0 Å². The molecule has 0 aliphatic rings. The number of ketones is 1. The van der Waals surface area contributed by atoms with Gasteiger partial charge in [-0.25, -0.2) is 8.78 Å². The molecule has 0 aliphatic carbocycles. The fraction of sp³-hybridized carbons (Fsp3) is 0.133. The summed E-state index contributed by atoms with van der Waals surface area (Å²) in [5.74, 6) is -1.16. The number of carbonyl (C=O) groups excluding carboxylic acids is 1. The lowest BCUT2D eigenvalue weighted by molar-refractivity contribution is -0.117. The van der Waals surface area contributed by atoms with Crippen molar-refractivity contribution in [3.8, 4) is 0 Å². The Kier molecular flexibility index (Phi) is 4.89. The van der Waals surface area contributed by atoms with E-state index in [1.807, 2.05) is 0 Å². The van der Waals surface area contributed by atoms with Crippen molar-refractivity contribution in [2.45, 2.75) is 12.8 Å². The van der Waals surface area contributed by atoms with Crippen LogP contribution in [-0.4, -0.2) is 5.78 Å². The first-order valence-corrected chi connectivity index (χ1v) is 7.02. The number of hydrogen-bond acceptors (Lipinski definition) is 1. The third kappa shape index (κ3) is 3.87. The van der Waals surface area contributed by atoms with Gasteiger partial charge in [0.2, 0.25) is 0 Å². The molecule has 0 heterocycles. The summed E-state index contributed by atoms with van der Waals surface area (Å²) >= 11 is 9.03. The monoisotopic (exact) mass is 358 g/mol. The second-order valence-corrected chi connectivity index (χ2v) is 5.69. The van der Waals surface area contributed by atoms with Gasteiger partial charge in [-0.1, -0.05) is 33.6 Å². The van der Waals surface area contributed by atoms with Crippen LogP contribution in [0.15, 0.2) is 40.9 Å². The first kappa shape index (κ1) is 15.1. The van der Waals surface area contributed by atoms with Crippen LogP contribution in [0.2, 0.25) is 5.02 Å². The molecular formula is C15H10BrClF2O. The number of halogens is 4. The highest BCUT2D eigenvalue weighted by Gasteiger charge is 2.13. The third-order valence-electron chi connectivity index (χ3n) is 2.76. The molecule has 0 radical (unpaired) electrons. The molecule has 1 nitrogen and oxygen atoms in total. The van der Waals surface area contributed by atoms with E-state index in [4.69, 9.17) is 11.6 Å². The van der Waals surface area contributed by atoms with E-state index in [1.54, 1.807) is 6.07 Å². The smallest absolute Gasteiger partial charge is 0.141 e. The molecule has 2 aromatic rings. The van der Waals surface area contributed by atoms with Gasteiger partial charge in [0.1, 0.15) is 17.4 Å². The summed E-state index contributed by atoms with van der Waals surface area (Å²) in [4.78, 5) is 11.9. The Bertz CT molecular complexity index is 618. The molecule has 0 bridgehead atoms. The Morgan fingerprint density at radius 1 is 1.15 bits per heavy atom. The summed E-state index contributed by atoms with van der Waals surface area (Å²) in [6, 6.07) is 8.52. The number of hydrogen-bond donors (Lipinski definition) is 0. The molecule has 0 amide bonds. The van der Waals surface area contributed by atoms with Crippen molar-refractivity contribution >= 4 is 33.3 Å². The first-order chi connectivity index (χ1) is 9.45. The standard InChI is InChI=1S/C15H10BrClF2O/c16-10-4-9(5-11(18)7-10)6-12(20)8-13-14(17)2-1-3-15(13)19/h1-5,7H,6,8H2. The van der Waals surface area contributed by atoms with Gasteiger partial charge in [-0.3, -0.25) is 4.79 Å². The summed E-state index contributed by atoms with van der Waals surface area (Å²) in [5.41, 5.74) is 0.712. The average molecular weight is 360 g/mol. The molecule has 20 heavy (non-hydrogen) atoms. The van der Waals surface area contributed by atoms with Crippen LogP contribution < -0.4 is 0 Å². The Morgan fingerprint density at radius 2 is 1.90 bits per heavy atom. The summed E-state index contributed by atoms with van der Waals surface area (Å²) < 4.78 is 27.3. The maximum absolute atomic E-state index is 13.6. The van der Waals surface area contributed by atoms with Crippen molar-refractivity contribution in [3.05, 3.63) is 68.7 Å². The Hall–Kier alpha value is -1.26. The highest BCUT2D eigenvalue weighted by molar-refractivity contribution is 9.10. The van der Waals surface area contributed by atoms with Crippen LogP contribution in [0, 0.1) is 11.6 Å². The molecule has 0 spiro atoms. The fourth-order valence-corrected chi connectivity index (χ4v) is 2.64. The van der Waals surface area contributed by atoms with E-state index in [0.29, 0.717) is 10.0 Å². The topological polar surface area (TPSA) is 17.1 Å². The average Bonchev–Trinajstić information content (AvgIpc) is 2.32. The number of benzene rings is 2. The highest BCUT2D eigenvalue weighted by atomic mass is 79.9. The molecular weight excluding hydrogens is 350 g/mol. The lowest BCUT2D eigenvalue weighted by Gasteiger charge is -2.06. The largest absolute Gasteiger partial charge is 0.299 e. The van der Waals surface area contributed by atoms with Crippen molar-refractivity contribution < 1.29 is 13.6 Å². The molecule has 0 N–H and O–H groups in total. The Labute approximate surface area is 128 Å². The predicted octanol–water partition coefficient (Wildman–Crippen LogP) is 4.74. The van der Waals surface area contributed by atoms with Gasteiger partial charge < -0.3 is 0 Å². The zero-order chi connectivity index (χ0) is 14.7. The molecule has 0 aliphatic heterocycles. The van der Waals surface area contributed by atoms with Crippen LogP contribution in [0.4, 0.5) is 8.78 Å². The molecule has 0 saturated carbocycles. The van der Waals surface area contributed by atoms with Gasteiger partial charge in [-0.05, 0) is 35.9 Å². The minimum absolute atomic E-state index is 0.0288. The van der Waals surface area contributed by atoms with Crippen LogP contribution >= 0.6 is 27.5 Å². The lowest BCUT2D eigenvalue weighted by atomic mass is 10.0. The van der Waals surface area contributed by atoms with E-state index in [2.05, 4.69) is 15.9 Å². The molecule has 104 valence electrons. The first-order valence-electron chi connectivity index (χ1n) is 5.85. The molecule has 2 aromatic carbocycles. The summed E-state index contributed by atoms with van der Waals surface area (Å²) in [7, 11) is 0. The third-order valence-corrected chi connectivity index (χ3v) is 3.57. The number of carbonyl (C=O) groups is 1. The summed E-state index contributed by atoms with van der Waals surface area (Å²) in [6.07, 6.45) is -0.0827. The van der Waals surface area contributed by atoms with E-state index >= 15 is 0 Å². The van der Waals surface area contributed by atoms with E-state index in [0.717, 1.165) is 0 Å². The van der Waals surface area contributed by atoms with Gasteiger partial charge in [0, 0.05) is 27.9 Å². The SMILES string of the molecule is O=C(Cc1cc(F)cc(Br)c1)Cc1c(F)cccc1Cl. The minimum atomic E-state index is -0.508. The molecule has 0 atom stereocenters. The van der Waals surface area contributed by atoms with E-state index in [1.165, 1.54) is 30.3 Å². The zero-order valence-corrected chi connectivity index (χ0v) is 12.6. The van der Waals surface area contributed by atoms with Crippen LogP contribution in [-0.2, 0) is 17.6 Å². The molecule has 0 unspecified atom stereocenters. The molecule has 0 fully saturated rings. The number of rotatable bonds is 4. The van der Waals surface area contributed by atoms with Crippen molar-refractivity contribution in [2.24, 2.45) is 0 Å². The zero-order valence-electron chi connectivity index (χ0n) is 10.3. The van der Waals surface area contributed by atoms with Crippen molar-refractivity contribution in [1.29, 1.82) is 0 Å². The van der Waals surface area contributed by atoms with Crippen molar-refractivity contribution in [3.63, 3.8) is 0 Å². The van der Waals surface area contributed by atoms with Gasteiger partial charge in [0.15, 0.2) is 0 Å². The van der Waals surface area contributed by atoms with Crippen molar-refractivity contribution in [2.75, 3.05) is 0 Å². The quantitative estimate of drug-likeness (QED) is 0.771. The second kappa shape index (κ2) is 6.46. The maximum atomic E-state index is 13.6. The fourth-order valence-electron chi connectivity index (χ4n) is 1.90.